The van der Waals surface area contributed by atoms with Crippen LogP contribution in [0.25, 0.3) is 0 Å². The Morgan fingerprint density at radius 1 is 1.28 bits per heavy atom. The maximum Gasteiger partial charge on any atom is 0.309 e. The van der Waals surface area contributed by atoms with Gasteiger partial charge in [-0.25, -0.2) is 8.42 Å². The zero-order valence-electron chi connectivity index (χ0n) is 11.3. The summed E-state index contributed by atoms with van der Waals surface area (Å²) in [5.41, 5.74) is -0.798. The maximum absolute atomic E-state index is 11.5. The molecule has 0 aromatic heterocycles. The second kappa shape index (κ2) is 6.04. The number of carboxylic acids is 1. The number of rotatable bonds is 6. The smallest absolute Gasteiger partial charge is 0.309 e. The van der Waals surface area contributed by atoms with Crippen molar-refractivity contribution in [1.82, 2.24) is 0 Å². The number of carboxylic acid groups (broad SMARTS) is 1. The summed E-state index contributed by atoms with van der Waals surface area (Å²) in [6.45, 7) is 3.73. The summed E-state index contributed by atoms with van der Waals surface area (Å²) in [4.78, 5) is 11.5. The number of sulfone groups is 1. The van der Waals surface area contributed by atoms with Gasteiger partial charge in [0.1, 0.15) is 9.84 Å². The molecule has 0 aromatic rings. The molecule has 0 spiro atoms. The highest BCUT2D eigenvalue weighted by atomic mass is 32.2. The van der Waals surface area contributed by atoms with Crippen LogP contribution in [0.5, 0.6) is 0 Å². The molecule has 0 aromatic carbocycles. The Bertz CT molecular complexity index is 378. The van der Waals surface area contributed by atoms with Crippen LogP contribution in [0.1, 0.15) is 52.4 Å². The molecule has 0 unspecified atom stereocenters. The zero-order valence-corrected chi connectivity index (χ0v) is 12.1. The standard InChI is InChI=1S/C13H24O4S/c1-3-11-5-7-13(8-6-11,12(14)15)9-10-18(16,17)4-2/h11H,3-10H2,1-2H3,(H,14,15). The van der Waals surface area contributed by atoms with Gasteiger partial charge in [0, 0.05) is 5.75 Å². The van der Waals surface area contributed by atoms with Crippen LogP contribution >= 0.6 is 0 Å². The molecule has 1 fully saturated rings. The van der Waals surface area contributed by atoms with E-state index in [1.165, 1.54) is 0 Å². The minimum atomic E-state index is -3.07. The first-order valence-electron chi connectivity index (χ1n) is 6.79. The number of aliphatic carboxylic acids is 1. The zero-order chi connectivity index (χ0) is 13.8. The number of hydrogen-bond donors (Lipinski definition) is 1. The lowest BCUT2D eigenvalue weighted by Crippen LogP contribution is -2.37. The topological polar surface area (TPSA) is 71.4 Å². The average molecular weight is 276 g/mol. The van der Waals surface area contributed by atoms with Crippen molar-refractivity contribution in [3.63, 3.8) is 0 Å². The molecule has 106 valence electrons. The van der Waals surface area contributed by atoms with Gasteiger partial charge in [-0.05, 0) is 38.0 Å². The first-order valence-corrected chi connectivity index (χ1v) is 8.61. The summed E-state index contributed by atoms with van der Waals surface area (Å²) in [5, 5.41) is 9.42. The van der Waals surface area contributed by atoms with E-state index in [2.05, 4.69) is 6.92 Å². The summed E-state index contributed by atoms with van der Waals surface area (Å²) >= 11 is 0. The van der Waals surface area contributed by atoms with Crippen molar-refractivity contribution in [2.45, 2.75) is 52.4 Å². The fourth-order valence-corrected chi connectivity index (χ4v) is 3.69. The monoisotopic (exact) mass is 276 g/mol. The Morgan fingerprint density at radius 2 is 1.83 bits per heavy atom. The van der Waals surface area contributed by atoms with E-state index in [1.807, 2.05) is 0 Å². The van der Waals surface area contributed by atoms with Gasteiger partial charge in [0.2, 0.25) is 0 Å². The molecular formula is C13H24O4S. The van der Waals surface area contributed by atoms with E-state index in [0.29, 0.717) is 18.8 Å². The molecule has 4 nitrogen and oxygen atoms in total. The molecule has 1 aliphatic rings. The first-order chi connectivity index (χ1) is 8.35. The van der Waals surface area contributed by atoms with Crippen LogP contribution in [0.4, 0.5) is 0 Å². The molecule has 0 heterocycles. The molecular weight excluding hydrogens is 252 g/mol. The van der Waals surface area contributed by atoms with E-state index in [9.17, 15) is 18.3 Å². The van der Waals surface area contributed by atoms with Crippen molar-refractivity contribution in [1.29, 1.82) is 0 Å². The predicted molar refractivity (Wildman–Crippen MR) is 71.3 cm³/mol. The van der Waals surface area contributed by atoms with Crippen LogP contribution in [-0.4, -0.2) is 31.0 Å². The fraction of sp³-hybridized carbons (Fsp3) is 0.923. The van der Waals surface area contributed by atoms with Crippen LogP contribution in [0, 0.1) is 11.3 Å². The largest absolute Gasteiger partial charge is 0.481 e. The predicted octanol–water partition coefficient (Wildman–Crippen LogP) is 2.48. The Hall–Kier alpha value is -0.580. The third-order valence-electron chi connectivity index (χ3n) is 4.42. The third kappa shape index (κ3) is 3.70. The van der Waals surface area contributed by atoms with Crippen LogP contribution in [0.3, 0.4) is 0 Å². The fourth-order valence-electron chi connectivity index (χ4n) is 2.70. The van der Waals surface area contributed by atoms with Gasteiger partial charge in [-0.2, -0.15) is 0 Å². The third-order valence-corrected chi connectivity index (χ3v) is 6.13. The average Bonchev–Trinajstić information content (AvgIpc) is 2.37. The molecule has 1 saturated carbocycles. The lowest BCUT2D eigenvalue weighted by molar-refractivity contribution is -0.151. The molecule has 0 amide bonds. The van der Waals surface area contributed by atoms with E-state index in [1.54, 1.807) is 6.92 Å². The SMILES string of the molecule is CCC1CCC(CCS(=O)(=O)CC)(C(=O)O)CC1. The van der Waals surface area contributed by atoms with Gasteiger partial charge < -0.3 is 5.11 Å². The molecule has 1 aliphatic carbocycles. The lowest BCUT2D eigenvalue weighted by Gasteiger charge is -2.36. The van der Waals surface area contributed by atoms with Crippen LogP contribution < -0.4 is 0 Å². The maximum atomic E-state index is 11.5. The normalized spacial score (nSPS) is 29.1. The Kier molecular flexibility index (Phi) is 5.20. The highest BCUT2D eigenvalue weighted by Crippen LogP contribution is 2.43. The minimum absolute atomic E-state index is 0.00654. The van der Waals surface area contributed by atoms with E-state index in [0.717, 1.165) is 19.3 Å². The van der Waals surface area contributed by atoms with E-state index in [-0.39, 0.29) is 17.9 Å². The molecule has 0 radical (unpaired) electrons. The quantitative estimate of drug-likeness (QED) is 0.809. The number of carbonyl (C=O) groups is 1. The second-order valence-corrected chi connectivity index (χ2v) is 7.90. The van der Waals surface area contributed by atoms with Gasteiger partial charge >= 0.3 is 5.97 Å². The molecule has 0 atom stereocenters. The molecule has 1 rings (SSSR count). The van der Waals surface area contributed by atoms with Gasteiger partial charge in [0.05, 0.1) is 11.2 Å². The van der Waals surface area contributed by atoms with Crippen molar-refractivity contribution < 1.29 is 18.3 Å². The Labute approximate surface area is 110 Å². The number of hydrogen-bond acceptors (Lipinski definition) is 3. The van der Waals surface area contributed by atoms with Crippen LogP contribution in [0.15, 0.2) is 0 Å². The van der Waals surface area contributed by atoms with E-state index < -0.39 is 21.2 Å². The van der Waals surface area contributed by atoms with Gasteiger partial charge in [-0.1, -0.05) is 20.3 Å². The molecule has 0 aliphatic heterocycles. The van der Waals surface area contributed by atoms with Crippen molar-refractivity contribution in [3.8, 4) is 0 Å². The van der Waals surface area contributed by atoms with Crippen LogP contribution in [-0.2, 0) is 14.6 Å². The highest BCUT2D eigenvalue weighted by molar-refractivity contribution is 7.91. The molecule has 0 saturated heterocycles. The minimum Gasteiger partial charge on any atom is -0.481 e. The Balaban J connectivity index is 2.69. The van der Waals surface area contributed by atoms with Gasteiger partial charge in [-0.15, -0.1) is 0 Å². The summed E-state index contributed by atoms with van der Waals surface area (Å²) in [7, 11) is -3.07. The van der Waals surface area contributed by atoms with Crippen LogP contribution in [0.2, 0.25) is 0 Å². The molecule has 18 heavy (non-hydrogen) atoms. The Morgan fingerprint density at radius 3 is 2.22 bits per heavy atom. The van der Waals surface area contributed by atoms with Crippen molar-refractivity contribution in [2.24, 2.45) is 11.3 Å². The summed E-state index contributed by atoms with van der Waals surface area (Å²) in [6.07, 6.45) is 4.43. The first kappa shape index (κ1) is 15.5. The van der Waals surface area contributed by atoms with Crippen molar-refractivity contribution in [2.75, 3.05) is 11.5 Å². The van der Waals surface area contributed by atoms with E-state index >= 15 is 0 Å². The van der Waals surface area contributed by atoms with Crippen molar-refractivity contribution >= 4 is 15.8 Å². The van der Waals surface area contributed by atoms with E-state index in [4.69, 9.17) is 0 Å². The lowest BCUT2D eigenvalue weighted by atomic mass is 9.68. The highest BCUT2D eigenvalue weighted by Gasteiger charge is 2.41. The molecule has 1 N–H and O–H groups in total. The van der Waals surface area contributed by atoms with Crippen molar-refractivity contribution in [3.05, 3.63) is 0 Å². The summed E-state index contributed by atoms with van der Waals surface area (Å²) in [6, 6.07) is 0. The molecule has 5 heteroatoms. The van der Waals surface area contributed by atoms with Gasteiger partial charge in [0.25, 0.3) is 0 Å². The van der Waals surface area contributed by atoms with Gasteiger partial charge in [-0.3, -0.25) is 4.79 Å². The second-order valence-electron chi connectivity index (χ2n) is 5.42. The molecule has 0 bridgehead atoms. The summed E-state index contributed by atoms with van der Waals surface area (Å²) in [5.74, 6) is -0.101. The van der Waals surface area contributed by atoms with Gasteiger partial charge in [0.15, 0.2) is 0 Å². The summed E-state index contributed by atoms with van der Waals surface area (Å²) < 4.78 is 23.1.